The lowest BCUT2D eigenvalue weighted by Crippen LogP contribution is -2.50. The highest BCUT2D eigenvalue weighted by atomic mass is 19.1. The van der Waals surface area contributed by atoms with Gasteiger partial charge in [0, 0.05) is 56.9 Å². The Balaban J connectivity index is 1.35. The number of carbonyl (C=O) groups is 2. The third-order valence-corrected chi connectivity index (χ3v) is 6.73. The third-order valence-electron chi connectivity index (χ3n) is 6.73. The number of nitrogens with zero attached hydrogens (tertiary/aromatic N) is 3. The molecule has 1 heterocycles. The smallest absolute Gasteiger partial charge is 0.254 e. The van der Waals surface area contributed by atoms with Crippen molar-refractivity contribution >= 4 is 17.9 Å². The van der Waals surface area contributed by atoms with Crippen LogP contribution in [0.25, 0.3) is 6.08 Å². The Hall–Kier alpha value is -3.97. The van der Waals surface area contributed by atoms with Gasteiger partial charge in [-0.05, 0) is 29.8 Å². The van der Waals surface area contributed by atoms with E-state index >= 15 is 0 Å². The zero-order valence-electron chi connectivity index (χ0n) is 21.8. The Kier molecular flexibility index (Phi) is 9.65. The number of hydrogen-bond donors (Lipinski definition) is 0. The molecule has 7 heteroatoms. The minimum absolute atomic E-state index is 0.0702. The lowest BCUT2D eigenvalue weighted by atomic mass is 10.1. The van der Waals surface area contributed by atoms with Crippen LogP contribution in [0.4, 0.5) is 4.39 Å². The van der Waals surface area contributed by atoms with Gasteiger partial charge in [-0.25, -0.2) is 4.39 Å². The van der Waals surface area contributed by atoms with Crippen LogP contribution in [-0.4, -0.2) is 79.4 Å². The molecule has 4 rings (SSSR count). The van der Waals surface area contributed by atoms with Crippen molar-refractivity contribution in [1.82, 2.24) is 14.7 Å². The van der Waals surface area contributed by atoms with Gasteiger partial charge < -0.3 is 14.5 Å². The van der Waals surface area contributed by atoms with E-state index in [1.165, 1.54) is 12.1 Å². The van der Waals surface area contributed by atoms with Crippen LogP contribution >= 0.6 is 0 Å². The average molecular weight is 516 g/mol. The average Bonchev–Trinajstić information content (AvgIpc) is 2.95. The monoisotopic (exact) mass is 515 g/mol. The van der Waals surface area contributed by atoms with Crippen LogP contribution in [0, 0.1) is 5.82 Å². The Morgan fingerprint density at radius 2 is 1.68 bits per heavy atom. The van der Waals surface area contributed by atoms with Gasteiger partial charge in [0.2, 0.25) is 5.91 Å². The predicted molar refractivity (Wildman–Crippen MR) is 147 cm³/mol. The largest absolute Gasteiger partial charge is 0.496 e. The van der Waals surface area contributed by atoms with Gasteiger partial charge in [0.1, 0.15) is 11.6 Å². The number of carbonyl (C=O) groups excluding carboxylic acids is 2. The molecule has 1 saturated heterocycles. The van der Waals surface area contributed by atoms with Gasteiger partial charge in [0.15, 0.2) is 0 Å². The van der Waals surface area contributed by atoms with Gasteiger partial charge in [0.05, 0.1) is 13.5 Å². The zero-order valence-corrected chi connectivity index (χ0v) is 21.8. The molecule has 2 amide bonds. The van der Waals surface area contributed by atoms with Crippen molar-refractivity contribution in [2.45, 2.75) is 6.42 Å². The molecule has 1 aliphatic rings. The summed E-state index contributed by atoms with van der Waals surface area (Å²) < 4.78 is 19.0. The van der Waals surface area contributed by atoms with E-state index in [2.05, 4.69) is 4.90 Å². The predicted octanol–water partition coefficient (Wildman–Crippen LogP) is 4.38. The molecule has 38 heavy (non-hydrogen) atoms. The first kappa shape index (κ1) is 27.1. The summed E-state index contributed by atoms with van der Waals surface area (Å²) in [5.74, 6) is 0.303. The first-order chi connectivity index (χ1) is 18.5. The van der Waals surface area contributed by atoms with Crippen molar-refractivity contribution in [2.24, 2.45) is 0 Å². The molecule has 0 aliphatic carbocycles. The molecule has 0 bridgehead atoms. The number of hydrogen-bond acceptors (Lipinski definition) is 4. The lowest BCUT2D eigenvalue weighted by molar-refractivity contribution is -0.130. The Morgan fingerprint density at radius 1 is 0.947 bits per heavy atom. The molecule has 0 spiro atoms. The van der Waals surface area contributed by atoms with Crippen LogP contribution in [0.2, 0.25) is 0 Å². The summed E-state index contributed by atoms with van der Waals surface area (Å²) in [6, 6.07) is 23.4. The van der Waals surface area contributed by atoms with Crippen LogP contribution < -0.4 is 4.74 Å². The van der Waals surface area contributed by atoms with E-state index in [0.29, 0.717) is 57.8 Å². The summed E-state index contributed by atoms with van der Waals surface area (Å²) in [5, 5.41) is 0. The molecule has 0 atom stereocenters. The van der Waals surface area contributed by atoms with Crippen LogP contribution in [0.5, 0.6) is 5.75 Å². The van der Waals surface area contributed by atoms with Gasteiger partial charge in [-0.1, -0.05) is 66.7 Å². The van der Waals surface area contributed by atoms with E-state index in [1.54, 1.807) is 24.1 Å². The summed E-state index contributed by atoms with van der Waals surface area (Å²) in [5.41, 5.74) is 2.32. The number of piperazine rings is 1. The van der Waals surface area contributed by atoms with E-state index < -0.39 is 5.82 Å². The Morgan fingerprint density at radius 3 is 2.42 bits per heavy atom. The van der Waals surface area contributed by atoms with Crippen LogP contribution in [0.1, 0.15) is 21.5 Å². The molecule has 198 valence electrons. The normalized spacial score (nSPS) is 14.0. The van der Waals surface area contributed by atoms with Crippen molar-refractivity contribution < 1.29 is 18.7 Å². The summed E-state index contributed by atoms with van der Waals surface area (Å²) in [4.78, 5) is 31.9. The Bertz CT molecular complexity index is 1240. The van der Waals surface area contributed by atoms with E-state index in [9.17, 15) is 14.0 Å². The summed E-state index contributed by atoms with van der Waals surface area (Å²) in [6.07, 6.45) is 4.33. The fourth-order valence-electron chi connectivity index (χ4n) is 4.55. The molecule has 0 N–H and O–H groups in total. The molecule has 1 fully saturated rings. The lowest BCUT2D eigenvalue weighted by Gasteiger charge is -2.36. The maximum Gasteiger partial charge on any atom is 0.254 e. The molecule has 1 aliphatic heterocycles. The minimum atomic E-state index is -0.408. The number of methoxy groups -OCH3 is 1. The zero-order chi connectivity index (χ0) is 26.7. The molecule has 0 saturated carbocycles. The number of halogens is 1. The van der Waals surface area contributed by atoms with Gasteiger partial charge >= 0.3 is 0 Å². The standard InChI is InChI=1S/C31H34FN3O3/c1-38-29-15-6-5-11-26(29)13-8-16-34(30(36)23-25-9-3-2-4-10-25)20-17-33-18-21-35(22-19-33)31(37)27-12-7-14-28(32)24-27/h2-15,24H,16-23H2,1H3/b13-8+. The van der Waals surface area contributed by atoms with Crippen LogP contribution in [-0.2, 0) is 11.2 Å². The van der Waals surface area contributed by atoms with Crippen molar-refractivity contribution in [2.75, 3.05) is 52.9 Å². The summed E-state index contributed by atoms with van der Waals surface area (Å²) in [7, 11) is 1.65. The van der Waals surface area contributed by atoms with Crippen molar-refractivity contribution in [3.05, 3.63) is 107 Å². The number of ether oxygens (including phenoxy) is 1. The number of benzene rings is 3. The molecule has 3 aromatic rings. The highest BCUT2D eigenvalue weighted by molar-refractivity contribution is 5.94. The highest BCUT2D eigenvalue weighted by Gasteiger charge is 2.23. The van der Waals surface area contributed by atoms with E-state index in [-0.39, 0.29) is 11.8 Å². The van der Waals surface area contributed by atoms with E-state index in [0.717, 1.165) is 16.9 Å². The summed E-state index contributed by atoms with van der Waals surface area (Å²) in [6.45, 7) is 4.34. The van der Waals surface area contributed by atoms with Gasteiger partial charge in [-0.3, -0.25) is 14.5 Å². The van der Waals surface area contributed by atoms with Crippen molar-refractivity contribution in [1.29, 1.82) is 0 Å². The van der Waals surface area contributed by atoms with Gasteiger partial charge in [-0.2, -0.15) is 0 Å². The first-order valence-electron chi connectivity index (χ1n) is 12.9. The maximum absolute atomic E-state index is 13.5. The first-order valence-corrected chi connectivity index (χ1v) is 12.9. The third kappa shape index (κ3) is 7.52. The van der Waals surface area contributed by atoms with Gasteiger partial charge in [-0.15, -0.1) is 0 Å². The molecule has 0 unspecified atom stereocenters. The molecule has 0 radical (unpaired) electrons. The molecular weight excluding hydrogens is 481 g/mol. The topological polar surface area (TPSA) is 53.1 Å². The van der Waals surface area contributed by atoms with Crippen LogP contribution in [0.3, 0.4) is 0 Å². The number of rotatable bonds is 10. The second-order valence-corrected chi connectivity index (χ2v) is 9.29. The van der Waals surface area contributed by atoms with Crippen molar-refractivity contribution in [3.8, 4) is 5.75 Å². The number of para-hydroxylation sites is 1. The second kappa shape index (κ2) is 13.5. The van der Waals surface area contributed by atoms with E-state index in [1.807, 2.05) is 71.6 Å². The molecule has 6 nitrogen and oxygen atoms in total. The second-order valence-electron chi connectivity index (χ2n) is 9.29. The summed E-state index contributed by atoms with van der Waals surface area (Å²) >= 11 is 0. The van der Waals surface area contributed by atoms with Crippen LogP contribution in [0.15, 0.2) is 84.9 Å². The highest BCUT2D eigenvalue weighted by Crippen LogP contribution is 2.19. The minimum Gasteiger partial charge on any atom is -0.496 e. The SMILES string of the molecule is COc1ccccc1/C=C/CN(CCN1CCN(C(=O)c2cccc(F)c2)CC1)C(=O)Cc1ccccc1. The van der Waals surface area contributed by atoms with Crippen molar-refractivity contribution in [3.63, 3.8) is 0 Å². The molecule has 0 aromatic heterocycles. The molecule has 3 aromatic carbocycles. The Labute approximate surface area is 223 Å². The molecular formula is C31H34FN3O3. The van der Waals surface area contributed by atoms with Gasteiger partial charge in [0.25, 0.3) is 5.91 Å². The maximum atomic E-state index is 13.5. The van der Waals surface area contributed by atoms with E-state index in [4.69, 9.17) is 4.74 Å². The fourth-order valence-corrected chi connectivity index (χ4v) is 4.55. The fraction of sp³-hybridized carbons (Fsp3) is 0.290. The number of amides is 2. The quantitative estimate of drug-likeness (QED) is 0.402.